The number of halogens is 3. The van der Waals surface area contributed by atoms with Gasteiger partial charge in [0.2, 0.25) is 5.91 Å². The Kier molecular flexibility index (Phi) is 9.04. The van der Waals surface area contributed by atoms with E-state index < -0.39 is 59.1 Å². The highest BCUT2D eigenvalue weighted by Gasteiger charge is 2.54. The maximum atomic E-state index is 12.9. The van der Waals surface area contributed by atoms with Crippen molar-refractivity contribution in [1.82, 2.24) is 15.5 Å². The molecule has 0 aromatic heterocycles. The van der Waals surface area contributed by atoms with E-state index >= 15 is 0 Å². The number of aliphatic hydroxyl groups is 1. The highest BCUT2D eigenvalue weighted by Crippen LogP contribution is 2.49. The molecule has 1 aliphatic rings. The van der Waals surface area contributed by atoms with Crippen LogP contribution in [0.3, 0.4) is 0 Å². The average molecular weight is 516 g/mol. The second-order valence-electron chi connectivity index (χ2n) is 10.6. The smallest absolute Gasteiger partial charge is 0.416 e. The van der Waals surface area contributed by atoms with E-state index in [-0.39, 0.29) is 18.2 Å². The van der Waals surface area contributed by atoms with Crippen molar-refractivity contribution in [1.29, 1.82) is 0 Å². The Labute approximate surface area is 209 Å². The lowest BCUT2D eigenvalue weighted by atomic mass is 9.60. The van der Waals surface area contributed by atoms with Gasteiger partial charge >= 0.3 is 12.3 Å². The van der Waals surface area contributed by atoms with Gasteiger partial charge in [-0.25, -0.2) is 4.79 Å². The quantitative estimate of drug-likeness (QED) is 0.439. The number of benzene rings is 1. The number of carbonyl (C=O) groups excluding carboxylic acids is 2. The van der Waals surface area contributed by atoms with Crippen LogP contribution in [-0.2, 0) is 11.0 Å². The standard InChI is InChI=1S/C25H36F3N3O5/c1-15(2)31(22(35)36)24(23(3,4)5)10-9-19(17(12-24)14-32)30-20(33)13-29-21(34)16-7-6-8-18(11-16)25(26,27)28/h6-8,11,15,17,19,32H,9-10,12-14H2,1-5H3,(H,29,34)(H,30,33)(H,35,36)/t17-,19-,24+/m0/s1. The van der Waals surface area contributed by atoms with Gasteiger partial charge in [0.1, 0.15) is 0 Å². The number of hydrogen-bond donors (Lipinski definition) is 4. The van der Waals surface area contributed by atoms with Crippen molar-refractivity contribution >= 4 is 17.9 Å². The maximum absolute atomic E-state index is 12.9. The molecule has 0 aliphatic heterocycles. The Hall–Kier alpha value is -2.82. The lowest BCUT2D eigenvalue weighted by molar-refractivity contribution is -0.137. The van der Waals surface area contributed by atoms with E-state index in [2.05, 4.69) is 10.6 Å². The third-order valence-electron chi connectivity index (χ3n) is 7.06. The first kappa shape index (κ1) is 29.4. The lowest BCUT2D eigenvalue weighted by Crippen LogP contribution is -2.66. The number of aliphatic hydroxyl groups excluding tert-OH is 1. The minimum atomic E-state index is -4.60. The highest BCUT2D eigenvalue weighted by molar-refractivity contribution is 5.96. The molecule has 36 heavy (non-hydrogen) atoms. The number of nitrogens with one attached hydrogen (secondary N) is 2. The van der Waals surface area contributed by atoms with Gasteiger partial charge in [-0.3, -0.25) is 14.5 Å². The largest absolute Gasteiger partial charge is 0.465 e. The van der Waals surface area contributed by atoms with Crippen molar-refractivity contribution in [3.05, 3.63) is 35.4 Å². The number of carboxylic acid groups (broad SMARTS) is 1. The van der Waals surface area contributed by atoms with E-state index in [9.17, 15) is 37.8 Å². The Morgan fingerprint density at radius 2 is 1.83 bits per heavy atom. The fourth-order valence-electron chi connectivity index (χ4n) is 5.21. The van der Waals surface area contributed by atoms with Crippen LogP contribution in [0.2, 0.25) is 0 Å². The minimum Gasteiger partial charge on any atom is -0.465 e. The molecule has 1 fully saturated rings. The lowest BCUT2D eigenvalue weighted by Gasteiger charge is -2.57. The molecule has 1 aromatic carbocycles. The number of carbonyl (C=O) groups is 3. The van der Waals surface area contributed by atoms with Gasteiger partial charge in [-0.1, -0.05) is 26.8 Å². The fourth-order valence-corrected chi connectivity index (χ4v) is 5.21. The predicted octanol–water partition coefficient (Wildman–Crippen LogP) is 3.89. The van der Waals surface area contributed by atoms with Crippen molar-refractivity contribution in [3.63, 3.8) is 0 Å². The topological polar surface area (TPSA) is 119 Å². The summed E-state index contributed by atoms with van der Waals surface area (Å²) in [6, 6.07) is 3.16. The van der Waals surface area contributed by atoms with E-state index in [1.807, 2.05) is 20.8 Å². The van der Waals surface area contributed by atoms with Crippen LogP contribution in [0.1, 0.15) is 69.8 Å². The molecule has 8 nitrogen and oxygen atoms in total. The third-order valence-corrected chi connectivity index (χ3v) is 7.06. The average Bonchev–Trinajstić information content (AvgIpc) is 2.76. The first-order chi connectivity index (χ1) is 16.5. The first-order valence-corrected chi connectivity index (χ1v) is 11.9. The van der Waals surface area contributed by atoms with Gasteiger partial charge < -0.3 is 20.8 Å². The summed E-state index contributed by atoms with van der Waals surface area (Å²) in [5.74, 6) is -1.80. The molecule has 0 bridgehead atoms. The number of hydrogen-bond acceptors (Lipinski definition) is 4. The van der Waals surface area contributed by atoms with Crippen LogP contribution < -0.4 is 10.6 Å². The van der Waals surface area contributed by atoms with Crippen molar-refractivity contribution in [2.75, 3.05) is 13.2 Å². The molecular formula is C25H36F3N3O5. The molecule has 0 saturated heterocycles. The van der Waals surface area contributed by atoms with E-state index in [4.69, 9.17) is 0 Å². The van der Waals surface area contributed by atoms with Crippen LogP contribution in [0.5, 0.6) is 0 Å². The third kappa shape index (κ3) is 6.48. The van der Waals surface area contributed by atoms with Crippen molar-refractivity contribution in [3.8, 4) is 0 Å². The van der Waals surface area contributed by atoms with E-state index in [0.29, 0.717) is 25.3 Å². The summed E-state index contributed by atoms with van der Waals surface area (Å²) >= 11 is 0. The van der Waals surface area contributed by atoms with Gasteiger partial charge in [0.25, 0.3) is 5.91 Å². The molecule has 2 rings (SSSR count). The number of amides is 3. The Balaban J connectivity index is 2.09. The van der Waals surface area contributed by atoms with Gasteiger partial charge in [-0.15, -0.1) is 0 Å². The van der Waals surface area contributed by atoms with Crippen LogP contribution in [0.15, 0.2) is 24.3 Å². The van der Waals surface area contributed by atoms with Crippen molar-refractivity contribution < 1.29 is 37.8 Å². The summed E-state index contributed by atoms with van der Waals surface area (Å²) in [4.78, 5) is 38.5. The van der Waals surface area contributed by atoms with Crippen LogP contribution in [-0.4, -0.2) is 63.8 Å². The monoisotopic (exact) mass is 515 g/mol. The zero-order valence-electron chi connectivity index (χ0n) is 21.3. The van der Waals surface area contributed by atoms with Crippen LogP contribution >= 0.6 is 0 Å². The molecule has 3 amide bonds. The maximum Gasteiger partial charge on any atom is 0.416 e. The van der Waals surface area contributed by atoms with Crippen LogP contribution in [0.25, 0.3) is 0 Å². The molecule has 1 saturated carbocycles. The molecule has 0 unspecified atom stereocenters. The molecule has 202 valence electrons. The summed E-state index contributed by atoms with van der Waals surface area (Å²) in [6.45, 7) is 8.76. The summed E-state index contributed by atoms with van der Waals surface area (Å²) in [5, 5.41) is 25.2. The van der Waals surface area contributed by atoms with Crippen LogP contribution in [0.4, 0.5) is 18.0 Å². The normalized spacial score (nSPS) is 22.7. The number of nitrogens with zero attached hydrogens (tertiary/aromatic N) is 1. The minimum absolute atomic E-state index is 0.221. The summed E-state index contributed by atoms with van der Waals surface area (Å²) in [7, 11) is 0. The molecule has 0 heterocycles. The van der Waals surface area contributed by atoms with Gasteiger partial charge in [-0.05, 0) is 56.7 Å². The molecule has 0 radical (unpaired) electrons. The Bertz CT molecular complexity index is 961. The summed E-state index contributed by atoms with van der Waals surface area (Å²) in [5.41, 5.74) is -2.40. The second-order valence-corrected chi connectivity index (χ2v) is 10.6. The summed E-state index contributed by atoms with van der Waals surface area (Å²) in [6.07, 6.45) is -4.44. The number of alkyl halides is 3. The number of rotatable bonds is 7. The van der Waals surface area contributed by atoms with Gasteiger partial charge in [0, 0.05) is 30.2 Å². The van der Waals surface area contributed by atoms with Crippen molar-refractivity contribution in [2.45, 2.75) is 77.7 Å². The SMILES string of the molecule is CC(C)N(C(=O)O)[C@]1(C(C)(C)C)CC[C@H](NC(=O)CNC(=O)c2cccc(C(F)(F)F)c2)[C@H](CO)C1. The molecule has 0 spiro atoms. The second kappa shape index (κ2) is 11.1. The van der Waals surface area contributed by atoms with Crippen LogP contribution in [0, 0.1) is 11.3 Å². The molecule has 1 aromatic rings. The van der Waals surface area contributed by atoms with E-state index in [0.717, 1.165) is 12.1 Å². The van der Waals surface area contributed by atoms with Gasteiger partial charge in [-0.2, -0.15) is 13.2 Å². The van der Waals surface area contributed by atoms with Gasteiger partial charge in [0.15, 0.2) is 0 Å². The Morgan fingerprint density at radius 1 is 1.19 bits per heavy atom. The zero-order valence-corrected chi connectivity index (χ0v) is 21.3. The molecule has 1 aliphatic carbocycles. The van der Waals surface area contributed by atoms with Crippen molar-refractivity contribution in [2.24, 2.45) is 11.3 Å². The summed E-state index contributed by atoms with van der Waals surface area (Å²) < 4.78 is 38.7. The predicted molar refractivity (Wildman–Crippen MR) is 127 cm³/mol. The zero-order chi connectivity index (χ0) is 27.5. The van der Waals surface area contributed by atoms with E-state index in [1.54, 1.807) is 13.8 Å². The fraction of sp³-hybridized carbons (Fsp3) is 0.640. The molecule has 3 atom stereocenters. The highest BCUT2D eigenvalue weighted by atomic mass is 19.4. The molecule has 11 heteroatoms. The molecule has 4 N–H and O–H groups in total. The van der Waals surface area contributed by atoms with Gasteiger partial charge in [0.05, 0.1) is 17.6 Å². The molecular weight excluding hydrogens is 479 g/mol. The van der Waals surface area contributed by atoms with E-state index in [1.165, 1.54) is 11.0 Å². The Morgan fingerprint density at radius 3 is 2.33 bits per heavy atom. The first-order valence-electron chi connectivity index (χ1n) is 11.9.